The molecular formula is C18H18N6O. The molecule has 4 heterocycles. The van der Waals surface area contributed by atoms with Crippen LogP contribution in [0.4, 0.5) is 5.82 Å². The van der Waals surface area contributed by atoms with Gasteiger partial charge in [0.25, 0.3) is 5.56 Å². The molecule has 0 atom stereocenters. The third kappa shape index (κ3) is 3.26. The van der Waals surface area contributed by atoms with Crippen molar-refractivity contribution in [3.05, 3.63) is 64.8 Å². The van der Waals surface area contributed by atoms with E-state index in [1.807, 2.05) is 31.2 Å². The fourth-order valence-electron chi connectivity index (χ4n) is 2.93. The van der Waals surface area contributed by atoms with Gasteiger partial charge in [-0.25, -0.2) is 4.68 Å². The average molecular weight is 334 g/mol. The lowest BCUT2D eigenvalue weighted by Crippen LogP contribution is -2.50. The minimum Gasteiger partial charge on any atom is -0.354 e. The van der Waals surface area contributed by atoms with E-state index in [4.69, 9.17) is 0 Å². The smallest absolute Gasteiger partial charge is 0.266 e. The second-order valence-electron chi connectivity index (χ2n) is 6.28. The van der Waals surface area contributed by atoms with Crippen LogP contribution in [0.2, 0.25) is 0 Å². The molecule has 0 unspecified atom stereocenters. The number of pyridine rings is 1. The molecule has 0 spiro atoms. The maximum absolute atomic E-state index is 12.1. The molecule has 0 bridgehead atoms. The Morgan fingerprint density at radius 3 is 2.56 bits per heavy atom. The quantitative estimate of drug-likeness (QED) is 0.720. The van der Waals surface area contributed by atoms with Crippen molar-refractivity contribution in [3.8, 4) is 11.3 Å². The number of nitrogens with zero attached hydrogens (tertiary/aromatic N) is 6. The third-order valence-corrected chi connectivity index (χ3v) is 4.34. The van der Waals surface area contributed by atoms with E-state index in [1.165, 1.54) is 0 Å². The molecule has 0 amide bonds. The van der Waals surface area contributed by atoms with Crippen LogP contribution in [0.3, 0.4) is 0 Å². The van der Waals surface area contributed by atoms with Gasteiger partial charge in [0.05, 0.1) is 17.9 Å². The van der Waals surface area contributed by atoms with Gasteiger partial charge in [-0.3, -0.25) is 9.78 Å². The van der Waals surface area contributed by atoms with Gasteiger partial charge in [-0.2, -0.15) is 10.2 Å². The molecule has 0 saturated carbocycles. The lowest BCUT2D eigenvalue weighted by Gasteiger charge is -2.39. The monoisotopic (exact) mass is 334 g/mol. The third-order valence-electron chi connectivity index (χ3n) is 4.34. The number of aryl methyl sites for hydroxylation is 1. The van der Waals surface area contributed by atoms with Gasteiger partial charge in [-0.1, -0.05) is 0 Å². The summed E-state index contributed by atoms with van der Waals surface area (Å²) in [6.45, 7) is 4.23. The van der Waals surface area contributed by atoms with Crippen molar-refractivity contribution in [1.82, 2.24) is 25.0 Å². The van der Waals surface area contributed by atoms with Crippen LogP contribution in [0.25, 0.3) is 11.3 Å². The molecule has 1 fully saturated rings. The zero-order valence-corrected chi connectivity index (χ0v) is 13.9. The van der Waals surface area contributed by atoms with E-state index in [0.29, 0.717) is 12.5 Å². The molecule has 1 saturated heterocycles. The van der Waals surface area contributed by atoms with Crippen LogP contribution < -0.4 is 10.5 Å². The highest BCUT2D eigenvalue weighted by Crippen LogP contribution is 2.23. The Balaban J connectivity index is 1.45. The second kappa shape index (κ2) is 6.43. The van der Waals surface area contributed by atoms with Gasteiger partial charge in [0.1, 0.15) is 0 Å². The van der Waals surface area contributed by atoms with Gasteiger partial charge < -0.3 is 4.90 Å². The Morgan fingerprint density at radius 2 is 1.84 bits per heavy atom. The van der Waals surface area contributed by atoms with Gasteiger partial charge in [0.15, 0.2) is 5.82 Å². The first-order chi connectivity index (χ1) is 12.2. The van der Waals surface area contributed by atoms with E-state index < -0.39 is 0 Å². The summed E-state index contributed by atoms with van der Waals surface area (Å²) in [6, 6.07) is 11.0. The van der Waals surface area contributed by atoms with Crippen molar-refractivity contribution in [2.24, 2.45) is 5.92 Å². The van der Waals surface area contributed by atoms with Gasteiger partial charge in [-0.05, 0) is 37.3 Å². The van der Waals surface area contributed by atoms with Crippen LogP contribution in [0, 0.1) is 12.8 Å². The topological polar surface area (TPSA) is 76.8 Å². The van der Waals surface area contributed by atoms with Crippen molar-refractivity contribution in [2.45, 2.75) is 13.5 Å². The maximum Gasteiger partial charge on any atom is 0.266 e. The van der Waals surface area contributed by atoms with Crippen LogP contribution >= 0.6 is 0 Å². The Labute approximate surface area is 145 Å². The summed E-state index contributed by atoms with van der Waals surface area (Å²) in [5.74, 6) is 1.26. The van der Waals surface area contributed by atoms with Gasteiger partial charge in [-0.15, -0.1) is 5.10 Å². The predicted octanol–water partition coefficient (Wildman–Crippen LogP) is 1.54. The summed E-state index contributed by atoms with van der Waals surface area (Å²) in [6.07, 6.45) is 3.44. The van der Waals surface area contributed by atoms with Crippen molar-refractivity contribution >= 4 is 5.82 Å². The molecule has 0 radical (unpaired) electrons. The van der Waals surface area contributed by atoms with E-state index >= 15 is 0 Å². The summed E-state index contributed by atoms with van der Waals surface area (Å²) in [4.78, 5) is 18.3. The zero-order valence-electron chi connectivity index (χ0n) is 13.9. The Kier molecular flexibility index (Phi) is 3.97. The van der Waals surface area contributed by atoms with Crippen molar-refractivity contribution in [3.63, 3.8) is 0 Å². The van der Waals surface area contributed by atoms with Gasteiger partial charge in [0, 0.05) is 43.0 Å². The standard InChI is InChI=1S/C18H18N6O/c1-13-2-4-17(21-20-13)23-10-14(11-23)12-24-18(25)5-3-16(22-24)15-6-8-19-9-7-15/h2-9,14H,10-12H2,1H3. The SMILES string of the molecule is Cc1ccc(N2CC(Cn3nc(-c4ccncc4)ccc3=O)C2)nn1. The lowest BCUT2D eigenvalue weighted by molar-refractivity contribution is 0.333. The molecule has 0 aromatic carbocycles. The van der Waals surface area contributed by atoms with Crippen LogP contribution in [0.15, 0.2) is 53.6 Å². The Morgan fingerprint density at radius 1 is 1.04 bits per heavy atom. The van der Waals surface area contributed by atoms with E-state index in [-0.39, 0.29) is 5.56 Å². The molecular weight excluding hydrogens is 316 g/mol. The molecule has 0 N–H and O–H groups in total. The highest BCUT2D eigenvalue weighted by molar-refractivity contribution is 5.57. The van der Waals surface area contributed by atoms with Crippen molar-refractivity contribution in [2.75, 3.05) is 18.0 Å². The molecule has 1 aliphatic heterocycles. The van der Waals surface area contributed by atoms with Crippen molar-refractivity contribution < 1.29 is 0 Å². The van der Waals surface area contributed by atoms with Gasteiger partial charge >= 0.3 is 0 Å². The average Bonchev–Trinajstić information content (AvgIpc) is 2.61. The number of hydrogen-bond donors (Lipinski definition) is 0. The first-order valence-electron chi connectivity index (χ1n) is 8.23. The van der Waals surface area contributed by atoms with Crippen LogP contribution in [-0.2, 0) is 6.54 Å². The summed E-state index contributed by atoms with van der Waals surface area (Å²) < 4.78 is 1.55. The minimum absolute atomic E-state index is 0.0774. The molecule has 7 heteroatoms. The van der Waals surface area contributed by atoms with Crippen LogP contribution in [-0.4, -0.2) is 38.1 Å². The van der Waals surface area contributed by atoms with E-state index in [2.05, 4.69) is 25.2 Å². The normalized spacial score (nSPS) is 14.4. The molecule has 25 heavy (non-hydrogen) atoms. The fourth-order valence-corrected chi connectivity index (χ4v) is 2.93. The number of anilines is 1. The second-order valence-corrected chi connectivity index (χ2v) is 6.28. The van der Waals surface area contributed by atoms with E-state index in [0.717, 1.165) is 35.9 Å². The maximum atomic E-state index is 12.1. The summed E-state index contributed by atoms with van der Waals surface area (Å²) in [7, 11) is 0. The zero-order chi connectivity index (χ0) is 17.2. The number of rotatable bonds is 4. The summed E-state index contributed by atoms with van der Waals surface area (Å²) >= 11 is 0. The lowest BCUT2D eigenvalue weighted by atomic mass is 10.0. The first-order valence-corrected chi connectivity index (χ1v) is 8.23. The largest absolute Gasteiger partial charge is 0.354 e. The van der Waals surface area contributed by atoms with E-state index in [1.54, 1.807) is 29.2 Å². The highest BCUT2D eigenvalue weighted by atomic mass is 16.1. The molecule has 0 aliphatic carbocycles. The fraction of sp³-hybridized carbons (Fsp3) is 0.278. The van der Waals surface area contributed by atoms with Crippen molar-refractivity contribution in [1.29, 1.82) is 0 Å². The number of aromatic nitrogens is 5. The summed E-state index contributed by atoms with van der Waals surface area (Å²) in [5, 5.41) is 12.8. The molecule has 1 aliphatic rings. The van der Waals surface area contributed by atoms with E-state index in [9.17, 15) is 4.79 Å². The first kappa shape index (κ1) is 15.4. The highest BCUT2D eigenvalue weighted by Gasteiger charge is 2.28. The molecule has 7 nitrogen and oxygen atoms in total. The minimum atomic E-state index is -0.0774. The van der Waals surface area contributed by atoms with Crippen LogP contribution in [0.5, 0.6) is 0 Å². The number of hydrogen-bond acceptors (Lipinski definition) is 6. The van der Waals surface area contributed by atoms with Gasteiger partial charge in [0.2, 0.25) is 0 Å². The molecule has 4 rings (SSSR count). The van der Waals surface area contributed by atoms with Crippen LogP contribution in [0.1, 0.15) is 5.69 Å². The predicted molar refractivity (Wildman–Crippen MR) is 94.2 cm³/mol. The molecule has 3 aromatic heterocycles. The molecule has 3 aromatic rings. The Hall–Kier alpha value is -3.09. The summed E-state index contributed by atoms with van der Waals surface area (Å²) in [5.41, 5.74) is 2.56. The Bertz CT molecular complexity index is 916. The molecule has 126 valence electrons.